The van der Waals surface area contributed by atoms with Crippen molar-refractivity contribution in [3.63, 3.8) is 0 Å². The van der Waals surface area contributed by atoms with Crippen LogP contribution in [0.3, 0.4) is 0 Å². The van der Waals surface area contributed by atoms with E-state index in [1.54, 1.807) is 41.9 Å². The molecule has 35 heavy (non-hydrogen) atoms. The molecule has 4 rings (SSSR count). The van der Waals surface area contributed by atoms with Crippen LogP contribution in [0.4, 0.5) is 19.0 Å². The summed E-state index contributed by atoms with van der Waals surface area (Å²) in [5.41, 5.74) is -0.697. The number of methoxy groups -OCH3 is 2. The standard InChI is InChI=1S/C26H21F3N2O4/c1-31-19-10-5-4-9-18(19)23(32)22(15-7-6-8-17(13-15)26(27,28)29)24(31)30-25(33)16-11-12-20(34-2)21(14-16)35-3/h4-14H,1-3H3,(H,30,33). The number of nitrogens with zero attached hydrogens (tertiary/aromatic N) is 1. The Labute approximate surface area is 198 Å². The summed E-state index contributed by atoms with van der Waals surface area (Å²) in [5, 5.41) is 3.03. The van der Waals surface area contributed by atoms with Gasteiger partial charge in [-0.05, 0) is 48.0 Å². The number of fused-ring (bicyclic) bond motifs is 1. The SMILES string of the molecule is COc1ccc(C(=O)Nc2c(-c3cccc(C(F)(F)F)c3)c(=O)c3ccccc3n2C)cc1OC. The minimum Gasteiger partial charge on any atom is -0.493 e. The predicted molar refractivity (Wildman–Crippen MR) is 127 cm³/mol. The van der Waals surface area contributed by atoms with Crippen LogP contribution in [0.15, 0.2) is 71.5 Å². The van der Waals surface area contributed by atoms with E-state index in [1.165, 1.54) is 38.5 Å². The molecule has 0 saturated heterocycles. The fourth-order valence-electron chi connectivity index (χ4n) is 3.91. The maximum absolute atomic E-state index is 13.5. The third kappa shape index (κ3) is 4.44. The van der Waals surface area contributed by atoms with E-state index in [0.29, 0.717) is 22.4 Å². The number of alkyl halides is 3. The molecule has 0 atom stereocenters. The first-order valence-corrected chi connectivity index (χ1v) is 10.5. The van der Waals surface area contributed by atoms with Crippen LogP contribution < -0.4 is 20.2 Å². The van der Waals surface area contributed by atoms with Crippen molar-refractivity contribution in [3.05, 3.63) is 88.1 Å². The van der Waals surface area contributed by atoms with E-state index in [-0.39, 0.29) is 22.5 Å². The van der Waals surface area contributed by atoms with E-state index in [0.717, 1.165) is 12.1 Å². The van der Waals surface area contributed by atoms with Gasteiger partial charge in [-0.2, -0.15) is 13.2 Å². The second kappa shape index (κ2) is 9.17. The molecule has 0 bridgehead atoms. The van der Waals surface area contributed by atoms with Crippen molar-refractivity contribution >= 4 is 22.6 Å². The minimum absolute atomic E-state index is 0.0359. The molecule has 0 aliphatic carbocycles. The van der Waals surface area contributed by atoms with Crippen LogP contribution in [0.1, 0.15) is 15.9 Å². The largest absolute Gasteiger partial charge is 0.493 e. The van der Waals surface area contributed by atoms with Crippen LogP contribution in [0.25, 0.3) is 22.0 Å². The lowest BCUT2D eigenvalue weighted by Gasteiger charge is -2.19. The maximum atomic E-state index is 13.5. The molecular weight excluding hydrogens is 461 g/mol. The topological polar surface area (TPSA) is 69.6 Å². The summed E-state index contributed by atoms with van der Waals surface area (Å²) in [5.74, 6) is 0.231. The lowest BCUT2D eigenvalue weighted by molar-refractivity contribution is -0.137. The summed E-state index contributed by atoms with van der Waals surface area (Å²) in [6.07, 6.45) is -4.60. The van der Waals surface area contributed by atoms with Gasteiger partial charge in [0.2, 0.25) is 0 Å². The summed E-state index contributed by atoms with van der Waals surface area (Å²) >= 11 is 0. The number of rotatable bonds is 5. The number of ether oxygens (including phenoxy) is 2. The molecule has 1 amide bonds. The van der Waals surface area contributed by atoms with Gasteiger partial charge in [-0.25, -0.2) is 0 Å². The Bertz CT molecular complexity index is 1490. The molecule has 0 radical (unpaired) electrons. The number of aryl methyl sites for hydroxylation is 1. The predicted octanol–water partition coefficient (Wildman–Crippen LogP) is 5.49. The van der Waals surface area contributed by atoms with Gasteiger partial charge < -0.3 is 19.4 Å². The molecule has 9 heteroatoms. The van der Waals surface area contributed by atoms with Crippen molar-refractivity contribution in [2.75, 3.05) is 19.5 Å². The summed E-state index contributed by atoms with van der Waals surface area (Å²) in [4.78, 5) is 26.7. The number of pyridine rings is 1. The Morgan fingerprint density at radius 3 is 2.31 bits per heavy atom. The molecule has 180 valence electrons. The van der Waals surface area contributed by atoms with E-state index in [9.17, 15) is 22.8 Å². The molecule has 1 heterocycles. The Kier molecular flexibility index (Phi) is 6.26. The van der Waals surface area contributed by atoms with Crippen LogP contribution in [-0.2, 0) is 13.2 Å². The number of aromatic nitrogens is 1. The second-order valence-corrected chi connectivity index (χ2v) is 7.73. The average Bonchev–Trinajstić information content (AvgIpc) is 2.86. The molecule has 4 aromatic rings. The third-order valence-electron chi connectivity index (χ3n) is 5.67. The molecule has 1 N–H and O–H groups in total. The quantitative estimate of drug-likeness (QED) is 0.408. The molecule has 1 aromatic heterocycles. The molecule has 0 saturated carbocycles. The number of halogens is 3. The van der Waals surface area contributed by atoms with E-state index >= 15 is 0 Å². The first-order chi connectivity index (χ1) is 16.7. The van der Waals surface area contributed by atoms with Crippen LogP contribution >= 0.6 is 0 Å². The van der Waals surface area contributed by atoms with E-state index < -0.39 is 23.1 Å². The van der Waals surface area contributed by atoms with Crippen molar-refractivity contribution in [1.29, 1.82) is 0 Å². The normalized spacial score (nSPS) is 11.4. The first kappa shape index (κ1) is 23.9. The summed E-state index contributed by atoms with van der Waals surface area (Å²) in [6.45, 7) is 0. The highest BCUT2D eigenvalue weighted by molar-refractivity contribution is 6.07. The highest BCUT2D eigenvalue weighted by Crippen LogP contribution is 2.35. The fraction of sp³-hybridized carbons (Fsp3) is 0.154. The van der Waals surface area contributed by atoms with Crippen LogP contribution in [-0.4, -0.2) is 24.7 Å². The van der Waals surface area contributed by atoms with Gasteiger partial charge in [-0.1, -0.05) is 24.3 Å². The zero-order chi connectivity index (χ0) is 25.3. The Morgan fingerprint density at radius 2 is 1.63 bits per heavy atom. The molecule has 0 unspecified atom stereocenters. The molecule has 6 nitrogen and oxygen atoms in total. The zero-order valence-electron chi connectivity index (χ0n) is 19.1. The number of amides is 1. The fourth-order valence-corrected chi connectivity index (χ4v) is 3.91. The van der Waals surface area contributed by atoms with Crippen molar-refractivity contribution in [1.82, 2.24) is 4.57 Å². The van der Waals surface area contributed by atoms with Crippen molar-refractivity contribution in [3.8, 4) is 22.6 Å². The van der Waals surface area contributed by atoms with Gasteiger partial charge in [0.25, 0.3) is 5.91 Å². The molecule has 3 aromatic carbocycles. The summed E-state index contributed by atoms with van der Waals surface area (Å²) in [6, 6.07) is 15.7. The monoisotopic (exact) mass is 482 g/mol. The Morgan fingerprint density at radius 1 is 0.914 bits per heavy atom. The third-order valence-corrected chi connectivity index (χ3v) is 5.67. The van der Waals surface area contributed by atoms with Gasteiger partial charge >= 0.3 is 6.18 Å². The Hall–Kier alpha value is -4.27. The average molecular weight is 482 g/mol. The van der Waals surface area contributed by atoms with Crippen LogP contribution in [0, 0.1) is 0 Å². The summed E-state index contributed by atoms with van der Waals surface area (Å²) < 4.78 is 52.2. The van der Waals surface area contributed by atoms with E-state index in [1.807, 2.05) is 0 Å². The number of benzene rings is 3. The van der Waals surface area contributed by atoms with Crippen molar-refractivity contribution in [2.45, 2.75) is 6.18 Å². The summed E-state index contributed by atoms with van der Waals surface area (Å²) in [7, 11) is 4.52. The van der Waals surface area contributed by atoms with Gasteiger partial charge in [0.05, 0.1) is 30.9 Å². The number of nitrogens with one attached hydrogen (secondary N) is 1. The number of carbonyl (C=O) groups excluding carboxylic acids is 1. The lowest BCUT2D eigenvalue weighted by atomic mass is 10.00. The van der Waals surface area contributed by atoms with Gasteiger partial charge in [0, 0.05) is 18.0 Å². The van der Waals surface area contributed by atoms with Gasteiger partial charge in [0.15, 0.2) is 16.9 Å². The maximum Gasteiger partial charge on any atom is 0.416 e. The number of anilines is 1. The van der Waals surface area contributed by atoms with Crippen molar-refractivity contribution < 1.29 is 27.4 Å². The number of para-hydroxylation sites is 1. The van der Waals surface area contributed by atoms with Crippen molar-refractivity contribution in [2.24, 2.45) is 7.05 Å². The van der Waals surface area contributed by atoms with E-state index in [4.69, 9.17) is 9.47 Å². The van der Waals surface area contributed by atoms with Gasteiger partial charge in [-0.3, -0.25) is 9.59 Å². The Balaban J connectivity index is 1.92. The molecule has 0 fully saturated rings. The lowest BCUT2D eigenvalue weighted by Crippen LogP contribution is -2.21. The molecule has 0 aliphatic heterocycles. The first-order valence-electron chi connectivity index (χ1n) is 10.5. The van der Waals surface area contributed by atoms with Crippen LogP contribution in [0.5, 0.6) is 11.5 Å². The number of hydrogen-bond donors (Lipinski definition) is 1. The smallest absolute Gasteiger partial charge is 0.416 e. The van der Waals surface area contributed by atoms with E-state index in [2.05, 4.69) is 5.32 Å². The molecular formula is C26H21F3N2O4. The second-order valence-electron chi connectivity index (χ2n) is 7.73. The zero-order valence-corrected chi connectivity index (χ0v) is 19.1. The molecule has 0 spiro atoms. The van der Waals surface area contributed by atoms with Crippen LogP contribution in [0.2, 0.25) is 0 Å². The highest BCUT2D eigenvalue weighted by Gasteiger charge is 2.31. The van der Waals surface area contributed by atoms with Gasteiger partial charge in [-0.15, -0.1) is 0 Å². The number of hydrogen-bond acceptors (Lipinski definition) is 4. The number of carbonyl (C=O) groups is 1. The minimum atomic E-state index is -4.60. The molecule has 0 aliphatic rings. The van der Waals surface area contributed by atoms with Gasteiger partial charge in [0.1, 0.15) is 5.82 Å². The highest BCUT2D eigenvalue weighted by atomic mass is 19.4.